The van der Waals surface area contributed by atoms with Crippen molar-refractivity contribution in [1.82, 2.24) is 9.80 Å². The smallest absolute Gasteiger partial charge is 0.119 e. The molecule has 1 aliphatic rings. The van der Waals surface area contributed by atoms with Crippen molar-refractivity contribution in [2.45, 2.75) is 6.54 Å². The lowest BCUT2D eigenvalue weighted by molar-refractivity contribution is 0.148. The molecular weight excluding hydrogens is 226 g/mol. The monoisotopic (exact) mass is 249 g/mol. The number of nitrogens with two attached hydrogens (primary N) is 1. The second-order valence-electron chi connectivity index (χ2n) is 4.86. The van der Waals surface area contributed by atoms with Gasteiger partial charge in [0, 0.05) is 39.3 Å². The SMILES string of the molecule is CN1CCN(Cc2ccc(OCCN)cc2)CC1. The number of hydrogen-bond acceptors (Lipinski definition) is 4. The zero-order chi connectivity index (χ0) is 12.8. The van der Waals surface area contributed by atoms with E-state index in [0.717, 1.165) is 38.5 Å². The van der Waals surface area contributed by atoms with Crippen molar-refractivity contribution >= 4 is 0 Å². The second kappa shape index (κ2) is 6.73. The van der Waals surface area contributed by atoms with Crippen LogP contribution < -0.4 is 10.5 Å². The molecule has 0 saturated carbocycles. The quantitative estimate of drug-likeness (QED) is 0.837. The molecule has 0 radical (unpaired) electrons. The van der Waals surface area contributed by atoms with Crippen LogP contribution in [0, 0.1) is 0 Å². The normalized spacial score (nSPS) is 17.9. The minimum absolute atomic E-state index is 0.559. The highest BCUT2D eigenvalue weighted by Gasteiger charge is 2.13. The van der Waals surface area contributed by atoms with E-state index in [1.165, 1.54) is 5.56 Å². The van der Waals surface area contributed by atoms with Crippen LogP contribution in [0.3, 0.4) is 0 Å². The van der Waals surface area contributed by atoms with Crippen LogP contribution in [0.15, 0.2) is 24.3 Å². The Kier molecular flexibility index (Phi) is 4.99. The fourth-order valence-corrected chi connectivity index (χ4v) is 2.13. The van der Waals surface area contributed by atoms with Crippen molar-refractivity contribution in [3.05, 3.63) is 29.8 Å². The highest BCUT2D eigenvalue weighted by molar-refractivity contribution is 5.27. The molecule has 4 heteroatoms. The average Bonchev–Trinajstić information content (AvgIpc) is 2.41. The maximum atomic E-state index is 5.47. The van der Waals surface area contributed by atoms with E-state index >= 15 is 0 Å². The lowest BCUT2D eigenvalue weighted by Gasteiger charge is -2.32. The summed E-state index contributed by atoms with van der Waals surface area (Å²) in [6.45, 7) is 6.81. The van der Waals surface area contributed by atoms with E-state index < -0.39 is 0 Å². The number of benzene rings is 1. The Balaban J connectivity index is 1.82. The van der Waals surface area contributed by atoms with Gasteiger partial charge < -0.3 is 15.4 Å². The molecule has 1 aliphatic heterocycles. The minimum atomic E-state index is 0.559. The van der Waals surface area contributed by atoms with Crippen molar-refractivity contribution in [3.63, 3.8) is 0 Å². The Morgan fingerprint density at radius 3 is 2.39 bits per heavy atom. The standard InChI is InChI=1S/C14H23N3O/c1-16-7-9-17(10-8-16)12-13-2-4-14(5-3-13)18-11-6-15/h2-5H,6-12,15H2,1H3. The largest absolute Gasteiger partial charge is 0.492 e. The molecular formula is C14H23N3O. The van der Waals surface area contributed by atoms with Gasteiger partial charge in [0.2, 0.25) is 0 Å². The summed E-state index contributed by atoms with van der Waals surface area (Å²) in [5, 5.41) is 0. The zero-order valence-corrected chi connectivity index (χ0v) is 11.1. The molecule has 0 unspecified atom stereocenters. The Bertz CT molecular complexity index is 345. The van der Waals surface area contributed by atoms with Gasteiger partial charge in [-0.05, 0) is 24.7 Å². The van der Waals surface area contributed by atoms with Gasteiger partial charge in [-0.3, -0.25) is 4.90 Å². The molecule has 0 bridgehead atoms. The summed E-state index contributed by atoms with van der Waals surface area (Å²) in [4.78, 5) is 4.87. The van der Waals surface area contributed by atoms with Gasteiger partial charge in [0.1, 0.15) is 12.4 Å². The van der Waals surface area contributed by atoms with Gasteiger partial charge in [-0.15, -0.1) is 0 Å². The molecule has 0 amide bonds. The van der Waals surface area contributed by atoms with E-state index in [2.05, 4.69) is 29.0 Å². The summed E-state index contributed by atoms with van der Waals surface area (Å²) in [6.07, 6.45) is 0. The van der Waals surface area contributed by atoms with Gasteiger partial charge in [-0.25, -0.2) is 0 Å². The molecule has 1 saturated heterocycles. The molecule has 0 aromatic heterocycles. The minimum Gasteiger partial charge on any atom is -0.492 e. The lowest BCUT2D eigenvalue weighted by Crippen LogP contribution is -2.43. The first-order valence-corrected chi connectivity index (χ1v) is 6.60. The Morgan fingerprint density at radius 2 is 1.78 bits per heavy atom. The van der Waals surface area contributed by atoms with Crippen LogP contribution in [0.2, 0.25) is 0 Å². The first-order valence-electron chi connectivity index (χ1n) is 6.60. The number of rotatable bonds is 5. The molecule has 1 fully saturated rings. The van der Waals surface area contributed by atoms with Crippen LogP contribution in [0.25, 0.3) is 0 Å². The molecule has 2 rings (SSSR count). The molecule has 2 N–H and O–H groups in total. The number of nitrogens with zero attached hydrogens (tertiary/aromatic N) is 2. The summed E-state index contributed by atoms with van der Waals surface area (Å²) in [7, 11) is 2.18. The van der Waals surface area contributed by atoms with Gasteiger partial charge >= 0.3 is 0 Å². The summed E-state index contributed by atoms with van der Waals surface area (Å²) in [6, 6.07) is 8.34. The Hall–Kier alpha value is -1.10. The van der Waals surface area contributed by atoms with Crippen LogP contribution in [-0.4, -0.2) is 56.2 Å². The third-order valence-electron chi connectivity index (χ3n) is 3.31. The molecule has 0 aliphatic carbocycles. The van der Waals surface area contributed by atoms with E-state index in [-0.39, 0.29) is 0 Å². The maximum absolute atomic E-state index is 5.47. The lowest BCUT2D eigenvalue weighted by atomic mass is 10.2. The number of ether oxygens (including phenoxy) is 1. The van der Waals surface area contributed by atoms with E-state index in [1.54, 1.807) is 0 Å². The van der Waals surface area contributed by atoms with Crippen molar-refractivity contribution < 1.29 is 4.74 Å². The molecule has 1 aromatic rings. The first kappa shape index (κ1) is 13.3. The van der Waals surface area contributed by atoms with Crippen LogP contribution in [-0.2, 0) is 6.54 Å². The highest BCUT2D eigenvalue weighted by Crippen LogP contribution is 2.14. The number of hydrogen-bond donors (Lipinski definition) is 1. The third kappa shape index (κ3) is 3.98. The summed E-state index contributed by atoms with van der Waals surface area (Å²) >= 11 is 0. The van der Waals surface area contributed by atoms with Crippen molar-refractivity contribution in [2.75, 3.05) is 46.4 Å². The summed E-state index contributed by atoms with van der Waals surface area (Å²) in [5.41, 5.74) is 6.75. The molecule has 4 nitrogen and oxygen atoms in total. The van der Waals surface area contributed by atoms with Crippen LogP contribution in [0.4, 0.5) is 0 Å². The molecule has 1 heterocycles. The second-order valence-corrected chi connectivity index (χ2v) is 4.86. The maximum Gasteiger partial charge on any atom is 0.119 e. The number of piperazine rings is 1. The topological polar surface area (TPSA) is 41.7 Å². The Morgan fingerprint density at radius 1 is 1.11 bits per heavy atom. The van der Waals surface area contributed by atoms with Crippen molar-refractivity contribution in [2.24, 2.45) is 5.73 Å². The van der Waals surface area contributed by atoms with Gasteiger partial charge in [-0.1, -0.05) is 12.1 Å². The summed E-state index contributed by atoms with van der Waals surface area (Å²) in [5.74, 6) is 0.905. The van der Waals surface area contributed by atoms with Crippen LogP contribution in [0.1, 0.15) is 5.56 Å². The fourth-order valence-electron chi connectivity index (χ4n) is 2.13. The molecule has 0 spiro atoms. The molecule has 18 heavy (non-hydrogen) atoms. The zero-order valence-electron chi connectivity index (χ0n) is 11.1. The molecule has 1 aromatic carbocycles. The van der Waals surface area contributed by atoms with E-state index in [1.807, 2.05) is 12.1 Å². The third-order valence-corrected chi connectivity index (χ3v) is 3.31. The van der Waals surface area contributed by atoms with Gasteiger partial charge in [0.25, 0.3) is 0 Å². The van der Waals surface area contributed by atoms with E-state index in [9.17, 15) is 0 Å². The van der Waals surface area contributed by atoms with Gasteiger partial charge in [0.05, 0.1) is 0 Å². The summed E-state index contributed by atoms with van der Waals surface area (Å²) < 4.78 is 5.47. The van der Waals surface area contributed by atoms with Gasteiger partial charge in [-0.2, -0.15) is 0 Å². The van der Waals surface area contributed by atoms with Crippen LogP contribution in [0.5, 0.6) is 5.75 Å². The van der Waals surface area contributed by atoms with Crippen LogP contribution >= 0.6 is 0 Å². The molecule has 100 valence electrons. The van der Waals surface area contributed by atoms with E-state index in [4.69, 9.17) is 10.5 Å². The Labute approximate surface area is 109 Å². The predicted molar refractivity (Wildman–Crippen MR) is 73.8 cm³/mol. The number of likely N-dealkylation sites (N-methyl/N-ethyl adjacent to an activating group) is 1. The first-order chi connectivity index (χ1) is 8.78. The van der Waals surface area contributed by atoms with Crippen molar-refractivity contribution in [3.8, 4) is 5.75 Å². The van der Waals surface area contributed by atoms with Crippen molar-refractivity contribution in [1.29, 1.82) is 0 Å². The van der Waals surface area contributed by atoms with Gasteiger partial charge in [0.15, 0.2) is 0 Å². The van der Waals surface area contributed by atoms with E-state index in [0.29, 0.717) is 13.2 Å². The highest BCUT2D eigenvalue weighted by atomic mass is 16.5. The molecule has 0 atom stereocenters. The predicted octanol–water partition coefficient (Wildman–Crippen LogP) is 0.771. The average molecular weight is 249 g/mol. The fraction of sp³-hybridized carbons (Fsp3) is 0.571.